The minimum Gasteiger partial charge on any atom is -0.478 e. The second kappa shape index (κ2) is 9.74. The van der Waals surface area contributed by atoms with E-state index in [4.69, 9.17) is 32.8 Å². The lowest BCUT2D eigenvalue weighted by Crippen LogP contribution is -2.21. The van der Waals surface area contributed by atoms with Gasteiger partial charge in [0.05, 0.1) is 5.56 Å². The summed E-state index contributed by atoms with van der Waals surface area (Å²) >= 11 is 12.4. The molecule has 0 N–H and O–H groups in total. The van der Waals surface area contributed by atoms with Crippen LogP contribution in [0.2, 0.25) is 10.0 Å². The van der Waals surface area contributed by atoms with Crippen molar-refractivity contribution in [3.05, 3.63) is 124 Å². The van der Waals surface area contributed by atoms with E-state index in [1.165, 1.54) is 12.1 Å². The van der Waals surface area contributed by atoms with Crippen LogP contribution in [0.3, 0.4) is 0 Å². The van der Waals surface area contributed by atoms with Crippen molar-refractivity contribution in [1.82, 2.24) is 15.2 Å². The molecule has 0 saturated carbocycles. The van der Waals surface area contributed by atoms with E-state index >= 15 is 4.39 Å². The lowest BCUT2D eigenvalue weighted by molar-refractivity contribution is 0.0408. The predicted octanol–water partition coefficient (Wildman–Crippen LogP) is 6.31. The second-order valence-electron chi connectivity index (χ2n) is 7.55. The maximum absolute atomic E-state index is 15.1. The molecule has 174 valence electrons. The maximum Gasteiger partial charge on any atom is 0.365 e. The third kappa shape index (κ3) is 4.82. The molecule has 1 unspecified atom stereocenters. The van der Waals surface area contributed by atoms with Crippen LogP contribution in [0.4, 0.5) is 4.39 Å². The first-order valence-corrected chi connectivity index (χ1v) is 11.2. The minimum atomic E-state index is -0.800. The number of nitrogens with zero attached hydrogens (tertiary/aromatic N) is 3. The Hall–Kier alpha value is -3.94. The first kappa shape index (κ1) is 22.8. The van der Waals surface area contributed by atoms with Gasteiger partial charge in [0, 0.05) is 15.6 Å². The number of aromatic nitrogens is 3. The summed E-state index contributed by atoms with van der Waals surface area (Å²) in [4.78, 5) is 18.9. The SMILES string of the molecule is O=C(On1nnc2ccccc21)c1ccc(OC(c2ccc(Cl)cc2)c2ccccc2Cl)c(F)c1. The fourth-order valence-electron chi connectivity index (χ4n) is 3.53. The van der Waals surface area contributed by atoms with Gasteiger partial charge < -0.3 is 9.57 Å². The summed E-state index contributed by atoms with van der Waals surface area (Å²) in [5, 5.41) is 8.75. The molecule has 0 aliphatic rings. The number of ether oxygens (including phenoxy) is 1. The highest BCUT2D eigenvalue weighted by molar-refractivity contribution is 6.31. The number of hydrogen-bond donors (Lipinski definition) is 0. The number of carbonyl (C=O) groups excluding carboxylic acids is 1. The van der Waals surface area contributed by atoms with Crippen LogP contribution in [0, 0.1) is 5.82 Å². The molecule has 0 spiro atoms. The molecular formula is C26H16Cl2FN3O3. The zero-order chi connectivity index (χ0) is 24.4. The number of hydrogen-bond acceptors (Lipinski definition) is 5. The third-order valence-corrected chi connectivity index (χ3v) is 5.86. The molecule has 0 bridgehead atoms. The van der Waals surface area contributed by atoms with Crippen LogP contribution in [-0.2, 0) is 0 Å². The molecule has 0 radical (unpaired) electrons. The van der Waals surface area contributed by atoms with Crippen LogP contribution < -0.4 is 9.57 Å². The Morgan fingerprint density at radius 3 is 2.43 bits per heavy atom. The highest BCUT2D eigenvalue weighted by atomic mass is 35.5. The summed E-state index contributed by atoms with van der Waals surface area (Å²) in [6, 6.07) is 24.9. The van der Waals surface area contributed by atoms with Crippen molar-refractivity contribution >= 4 is 40.2 Å². The van der Waals surface area contributed by atoms with Gasteiger partial charge in [-0.1, -0.05) is 70.5 Å². The largest absolute Gasteiger partial charge is 0.478 e. The molecule has 1 heterocycles. The van der Waals surface area contributed by atoms with Gasteiger partial charge >= 0.3 is 5.97 Å². The molecule has 4 aromatic carbocycles. The van der Waals surface area contributed by atoms with E-state index in [2.05, 4.69) is 10.3 Å². The lowest BCUT2D eigenvalue weighted by Gasteiger charge is -2.21. The molecular weight excluding hydrogens is 492 g/mol. The smallest absolute Gasteiger partial charge is 0.365 e. The zero-order valence-corrected chi connectivity index (χ0v) is 19.4. The topological polar surface area (TPSA) is 66.2 Å². The average Bonchev–Trinajstić information content (AvgIpc) is 3.27. The van der Waals surface area contributed by atoms with E-state index in [0.29, 0.717) is 26.6 Å². The van der Waals surface area contributed by atoms with Crippen molar-refractivity contribution in [2.75, 3.05) is 0 Å². The molecule has 6 nitrogen and oxygen atoms in total. The van der Waals surface area contributed by atoms with Crippen LogP contribution >= 0.6 is 23.2 Å². The lowest BCUT2D eigenvalue weighted by atomic mass is 10.0. The van der Waals surface area contributed by atoms with E-state index < -0.39 is 17.9 Å². The van der Waals surface area contributed by atoms with Crippen molar-refractivity contribution in [1.29, 1.82) is 0 Å². The Labute approximate surface area is 209 Å². The Balaban J connectivity index is 1.41. The Morgan fingerprint density at radius 2 is 1.66 bits per heavy atom. The fourth-order valence-corrected chi connectivity index (χ4v) is 3.89. The Morgan fingerprint density at radius 1 is 0.914 bits per heavy atom. The van der Waals surface area contributed by atoms with Gasteiger partial charge in [-0.05, 0) is 59.3 Å². The van der Waals surface area contributed by atoms with Gasteiger partial charge in [0.1, 0.15) is 11.0 Å². The molecule has 0 aliphatic carbocycles. The quantitative estimate of drug-likeness (QED) is 0.252. The van der Waals surface area contributed by atoms with Crippen LogP contribution in [0.5, 0.6) is 5.75 Å². The molecule has 5 aromatic rings. The highest BCUT2D eigenvalue weighted by Crippen LogP contribution is 2.34. The summed E-state index contributed by atoms with van der Waals surface area (Å²) in [6.07, 6.45) is -0.713. The summed E-state index contributed by atoms with van der Waals surface area (Å²) in [6.45, 7) is 0. The highest BCUT2D eigenvalue weighted by Gasteiger charge is 2.22. The summed E-state index contributed by atoms with van der Waals surface area (Å²) in [5.41, 5.74) is 2.42. The Kier molecular flexibility index (Phi) is 6.35. The van der Waals surface area contributed by atoms with E-state index in [1.807, 2.05) is 6.07 Å². The van der Waals surface area contributed by atoms with Gasteiger partial charge in [0.15, 0.2) is 17.7 Å². The van der Waals surface area contributed by atoms with Gasteiger partial charge in [-0.2, -0.15) is 0 Å². The summed E-state index contributed by atoms with van der Waals surface area (Å²) in [5.74, 6) is -1.60. The Bertz CT molecular complexity index is 1520. The van der Waals surface area contributed by atoms with Gasteiger partial charge in [0.2, 0.25) is 0 Å². The number of carbonyl (C=O) groups is 1. The van der Waals surface area contributed by atoms with E-state index in [-0.39, 0.29) is 11.3 Å². The number of halogens is 3. The molecule has 9 heteroatoms. The van der Waals surface area contributed by atoms with Gasteiger partial charge in [0.25, 0.3) is 0 Å². The van der Waals surface area contributed by atoms with Crippen LogP contribution in [-0.4, -0.2) is 21.1 Å². The summed E-state index contributed by atoms with van der Waals surface area (Å²) in [7, 11) is 0. The number of rotatable bonds is 6. The monoisotopic (exact) mass is 507 g/mol. The van der Waals surface area contributed by atoms with Crippen LogP contribution in [0.25, 0.3) is 11.0 Å². The first-order valence-electron chi connectivity index (χ1n) is 10.5. The summed E-state index contributed by atoms with van der Waals surface area (Å²) < 4.78 is 21.1. The van der Waals surface area contributed by atoms with E-state index in [0.717, 1.165) is 16.5 Å². The van der Waals surface area contributed by atoms with Gasteiger partial charge in [-0.3, -0.25) is 0 Å². The molecule has 0 aliphatic heterocycles. The predicted molar refractivity (Wildman–Crippen MR) is 130 cm³/mol. The zero-order valence-electron chi connectivity index (χ0n) is 17.9. The number of benzene rings is 4. The van der Waals surface area contributed by atoms with Crippen molar-refractivity contribution in [3.63, 3.8) is 0 Å². The molecule has 0 fully saturated rings. The molecule has 1 atom stereocenters. The normalized spacial score (nSPS) is 11.9. The number of para-hydroxylation sites is 1. The van der Waals surface area contributed by atoms with E-state index in [1.54, 1.807) is 66.7 Å². The van der Waals surface area contributed by atoms with Crippen molar-refractivity contribution in [2.45, 2.75) is 6.10 Å². The minimum absolute atomic E-state index is 0.0183. The van der Waals surface area contributed by atoms with Gasteiger partial charge in [-0.25, -0.2) is 9.18 Å². The molecule has 1 aromatic heterocycles. The second-order valence-corrected chi connectivity index (χ2v) is 8.39. The molecule has 0 saturated heterocycles. The van der Waals surface area contributed by atoms with Gasteiger partial charge in [-0.15, -0.1) is 5.10 Å². The van der Waals surface area contributed by atoms with Crippen molar-refractivity contribution in [3.8, 4) is 5.75 Å². The standard InChI is InChI=1S/C26H16Cl2FN3O3/c27-18-12-9-16(10-13-18)25(19-5-1-2-6-20(19)28)34-24-14-11-17(15-21(24)29)26(33)35-32-23-8-4-3-7-22(23)30-31-32/h1-15,25H. The maximum atomic E-state index is 15.1. The molecule has 5 rings (SSSR count). The van der Waals surface area contributed by atoms with Crippen LogP contribution in [0.15, 0.2) is 91.0 Å². The molecule has 35 heavy (non-hydrogen) atoms. The third-order valence-electron chi connectivity index (χ3n) is 5.26. The fraction of sp³-hybridized carbons (Fsp3) is 0.0385. The number of fused-ring (bicyclic) bond motifs is 1. The molecule has 0 amide bonds. The van der Waals surface area contributed by atoms with Crippen molar-refractivity contribution < 1.29 is 18.8 Å². The first-order chi connectivity index (χ1) is 17.0. The van der Waals surface area contributed by atoms with Crippen LogP contribution in [0.1, 0.15) is 27.6 Å². The van der Waals surface area contributed by atoms with Crippen molar-refractivity contribution in [2.24, 2.45) is 0 Å². The van der Waals surface area contributed by atoms with E-state index in [9.17, 15) is 4.79 Å². The average molecular weight is 508 g/mol.